The highest BCUT2D eigenvalue weighted by Gasteiger charge is 2.30. The Labute approximate surface area is 166 Å². The largest absolute Gasteiger partial charge is 0.469 e. The summed E-state index contributed by atoms with van der Waals surface area (Å²) in [4.78, 5) is 26.8. The van der Waals surface area contributed by atoms with Crippen molar-refractivity contribution < 1.29 is 19.1 Å². The highest BCUT2D eigenvalue weighted by Crippen LogP contribution is 2.33. The number of esters is 1. The summed E-state index contributed by atoms with van der Waals surface area (Å²) in [6.45, 7) is 9.80. The van der Waals surface area contributed by atoms with E-state index in [4.69, 9.17) is 9.47 Å². The summed E-state index contributed by atoms with van der Waals surface area (Å²) in [7, 11) is 1.40. The molecule has 1 amide bonds. The van der Waals surface area contributed by atoms with Crippen LogP contribution in [0.1, 0.15) is 79.1 Å². The van der Waals surface area contributed by atoms with E-state index >= 15 is 0 Å². The molecule has 0 saturated heterocycles. The molecule has 0 aromatic heterocycles. The fourth-order valence-electron chi connectivity index (χ4n) is 3.92. The summed E-state index contributed by atoms with van der Waals surface area (Å²) in [5, 5.41) is 0. The van der Waals surface area contributed by atoms with Gasteiger partial charge in [0.1, 0.15) is 0 Å². The lowest BCUT2D eigenvalue weighted by Gasteiger charge is -2.33. The predicted octanol–water partition coefficient (Wildman–Crippen LogP) is 4.44. The minimum absolute atomic E-state index is 0.110. The van der Waals surface area contributed by atoms with Crippen LogP contribution in [0.4, 0.5) is 0 Å². The van der Waals surface area contributed by atoms with Gasteiger partial charge >= 0.3 is 5.97 Å². The molecular weight excluding hydrogens is 342 g/mol. The summed E-state index contributed by atoms with van der Waals surface area (Å²) in [6.07, 6.45) is 9.12. The number of hydrogen-bond donors (Lipinski definition) is 0. The van der Waals surface area contributed by atoms with Crippen LogP contribution < -0.4 is 0 Å². The summed E-state index contributed by atoms with van der Waals surface area (Å²) < 4.78 is 10.5. The van der Waals surface area contributed by atoms with Gasteiger partial charge in [0.25, 0.3) is 0 Å². The number of hydrogen-bond acceptors (Lipinski definition) is 4. The topological polar surface area (TPSA) is 55.8 Å². The van der Waals surface area contributed by atoms with Crippen LogP contribution in [0.5, 0.6) is 0 Å². The lowest BCUT2D eigenvalue weighted by Crippen LogP contribution is -2.42. The monoisotopic (exact) mass is 383 g/mol. The molecule has 5 heteroatoms. The van der Waals surface area contributed by atoms with Gasteiger partial charge in [-0.2, -0.15) is 0 Å². The van der Waals surface area contributed by atoms with E-state index in [1.54, 1.807) is 0 Å². The average Bonchev–Trinajstić information content (AvgIpc) is 2.67. The Hall–Kier alpha value is -1.10. The Morgan fingerprint density at radius 1 is 1.07 bits per heavy atom. The molecule has 0 spiro atoms. The zero-order chi connectivity index (χ0) is 20.2. The van der Waals surface area contributed by atoms with Gasteiger partial charge in [-0.25, -0.2) is 0 Å². The number of unbranched alkanes of at least 4 members (excludes halogenated alkanes) is 1. The maximum atomic E-state index is 13.1. The van der Waals surface area contributed by atoms with E-state index in [1.807, 2.05) is 25.7 Å². The number of nitrogens with zero attached hydrogens (tertiary/aromatic N) is 1. The highest BCUT2D eigenvalue weighted by molar-refractivity contribution is 5.80. The van der Waals surface area contributed by atoms with Crippen molar-refractivity contribution in [2.45, 2.75) is 85.2 Å². The molecule has 1 atom stereocenters. The summed E-state index contributed by atoms with van der Waals surface area (Å²) in [5.74, 6) is 0.555. The van der Waals surface area contributed by atoms with E-state index in [0.29, 0.717) is 19.7 Å². The van der Waals surface area contributed by atoms with Gasteiger partial charge in [0.2, 0.25) is 5.91 Å². The third kappa shape index (κ3) is 9.09. The number of rotatable bonds is 12. The lowest BCUT2D eigenvalue weighted by molar-refractivity contribution is -0.147. The smallest absolute Gasteiger partial charge is 0.310 e. The molecule has 1 rings (SSSR count). The molecule has 0 aromatic rings. The minimum Gasteiger partial charge on any atom is -0.469 e. The first-order chi connectivity index (χ1) is 12.9. The van der Waals surface area contributed by atoms with Gasteiger partial charge in [0.05, 0.1) is 19.1 Å². The molecular formula is C22H41NO4. The van der Waals surface area contributed by atoms with Gasteiger partial charge in [-0.05, 0) is 51.9 Å². The van der Waals surface area contributed by atoms with Gasteiger partial charge in [0.15, 0.2) is 0 Å². The van der Waals surface area contributed by atoms with E-state index in [9.17, 15) is 9.59 Å². The molecule has 27 heavy (non-hydrogen) atoms. The van der Waals surface area contributed by atoms with Gasteiger partial charge in [-0.1, -0.05) is 33.1 Å². The molecule has 0 aliphatic heterocycles. The number of amides is 1. The Morgan fingerprint density at radius 2 is 1.74 bits per heavy atom. The molecule has 0 bridgehead atoms. The second kappa shape index (κ2) is 13.1. The highest BCUT2D eigenvalue weighted by atomic mass is 16.5. The maximum absolute atomic E-state index is 13.1. The summed E-state index contributed by atoms with van der Waals surface area (Å²) in [6, 6.07) is 0. The van der Waals surface area contributed by atoms with Gasteiger partial charge in [-0.15, -0.1) is 0 Å². The average molecular weight is 384 g/mol. The van der Waals surface area contributed by atoms with E-state index in [-0.39, 0.29) is 29.8 Å². The van der Waals surface area contributed by atoms with Gasteiger partial charge in [0, 0.05) is 25.6 Å². The van der Waals surface area contributed by atoms with Crippen LogP contribution in [0, 0.1) is 17.8 Å². The van der Waals surface area contributed by atoms with Gasteiger partial charge < -0.3 is 14.4 Å². The molecule has 0 radical (unpaired) electrons. The fraction of sp³-hybridized carbons (Fsp3) is 0.909. The second-order valence-corrected chi connectivity index (χ2v) is 8.34. The summed E-state index contributed by atoms with van der Waals surface area (Å²) in [5.41, 5.74) is 0. The molecule has 1 unspecified atom stereocenters. The van der Waals surface area contributed by atoms with Crippen molar-refractivity contribution in [2.24, 2.45) is 17.8 Å². The number of methoxy groups -OCH3 is 1. The molecule has 0 heterocycles. The van der Waals surface area contributed by atoms with Crippen LogP contribution in [0.2, 0.25) is 0 Å². The third-order valence-corrected chi connectivity index (χ3v) is 5.59. The van der Waals surface area contributed by atoms with Crippen molar-refractivity contribution in [3.8, 4) is 0 Å². The van der Waals surface area contributed by atoms with Crippen molar-refractivity contribution in [1.82, 2.24) is 4.90 Å². The van der Waals surface area contributed by atoms with Crippen molar-refractivity contribution in [1.29, 1.82) is 0 Å². The first-order valence-corrected chi connectivity index (χ1v) is 10.9. The van der Waals surface area contributed by atoms with Gasteiger partial charge in [-0.3, -0.25) is 9.59 Å². The normalized spacial score (nSPS) is 21.1. The summed E-state index contributed by atoms with van der Waals surface area (Å²) >= 11 is 0. The molecule has 5 nitrogen and oxygen atoms in total. The van der Waals surface area contributed by atoms with E-state index in [2.05, 4.69) is 6.92 Å². The van der Waals surface area contributed by atoms with E-state index in [0.717, 1.165) is 38.0 Å². The number of ether oxygens (including phenoxy) is 2. The fourth-order valence-corrected chi connectivity index (χ4v) is 3.92. The Balaban J connectivity index is 2.59. The first kappa shape index (κ1) is 23.9. The van der Waals surface area contributed by atoms with Crippen LogP contribution >= 0.6 is 0 Å². The lowest BCUT2D eigenvalue weighted by atomic mass is 9.79. The third-order valence-electron chi connectivity index (χ3n) is 5.59. The molecule has 0 N–H and O–H groups in total. The molecule has 158 valence electrons. The van der Waals surface area contributed by atoms with Crippen molar-refractivity contribution in [2.75, 3.05) is 26.8 Å². The zero-order valence-electron chi connectivity index (χ0n) is 18.2. The second-order valence-electron chi connectivity index (χ2n) is 8.34. The van der Waals surface area contributed by atoms with Crippen LogP contribution in [0.15, 0.2) is 0 Å². The van der Waals surface area contributed by atoms with E-state index in [1.165, 1.54) is 26.4 Å². The Bertz CT molecular complexity index is 430. The number of carbonyl (C=O) groups excluding carboxylic acids is 2. The van der Waals surface area contributed by atoms with Crippen LogP contribution in [-0.4, -0.2) is 49.7 Å². The Morgan fingerprint density at radius 3 is 2.30 bits per heavy atom. The van der Waals surface area contributed by atoms with Crippen LogP contribution in [0.3, 0.4) is 0 Å². The van der Waals surface area contributed by atoms with Crippen molar-refractivity contribution in [3.63, 3.8) is 0 Å². The standard InChI is InChI=1S/C22H41NO4/c1-6-7-9-19-10-12-20(13-11-19)21(24)23(14-8-15-27-17(2)3)16-18(4)22(25)26-5/h17-20H,6-16H2,1-5H3. The minimum atomic E-state index is -0.300. The maximum Gasteiger partial charge on any atom is 0.310 e. The van der Waals surface area contributed by atoms with E-state index < -0.39 is 0 Å². The molecule has 1 saturated carbocycles. The Kier molecular flexibility index (Phi) is 11.7. The zero-order valence-corrected chi connectivity index (χ0v) is 18.2. The molecule has 0 aromatic carbocycles. The van der Waals surface area contributed by atoms with Crippen molar-refractivity contribution in [3.05, 3.63) is 0 Å². The first-order valence-electron chi connectivity index (χ1n) is 10.9. The predicted molar refractivity (Wildman–Crippen MR) is 108 cm³/mol. The molecule has 1 aliphatic carbocycles. The molecule has 1 aliphatic rings. The van der Waals surface area contributed by atoms with Crippen LogP contribution in [0.25, 0.3) is 0 Å². The van der Waals surface area contributed by atoms with Crippen LogP contribution in [-0.2, 0) is 19.1 Å². The quantitative estimate of drug-likeness (QED) is 0.369. The number of carbonyl (C=O) groups is 2. The SMILES string of the molecule is CCCCC1CCC(C(=O)N(CCCOC(C)C)CC(C)C(=O)OC)CC1. The van der Waals surface area contributed by atoms with Crippen molar-refractivity contribution >= 4 is 11.9 Å². The molecule has 1 fully saturated rings.